The first kappa shape index (κ1) is 18.7. The molecular formula is C24H28N6O. The molecule has 2 aromatic carbocycles. The summed E-state index contributed by atoms with van der Waals surface area (Å²) in [5.41, 5.74) is 10.7. The first-order valence-electron chi connectivity index (χ1n) is 11.4. The average Bonchev–Trinajstić information content (AvgIpc) is 3.30. The maximum atomic E-state index is 13.0. The van der Waals surface area contributed by atoms with Crippen molar-refractivity contribution in [3.8, 4) is 0 Å². The second kappa shape index (κ2) is 7.27. The second-order valence-corrected chi connectivity index (χ2v) is 8.87. The summed E-state index contributed by atoms with van der Waals surface area (Å²) < 4.78 is 4.46. The molecule has 1 aliphatic heterocycles. The lowest BCUT2D eigenvalue weighted by molar-refractivity contribution is 0.543. The topological polar surface area (TPSA) is 80.6 Å². The minimum Gasteiger partial charge on any atom is -0.398 e. The summed E-state index contributed by atoms with van der Waals surface area (Å²) in [7, 11) is 0. The molecule has 0 radical (unpaired) electrons. The number of nitrogens with two attached hydrogens (primary N) is 1. The highest BCUT2D eigenvalue weighted by atomic mass is 16.1. The van der Waals surface area contributed by atoms with Crippen molar-refractivity contribution in [3.05, 3.63) is 46.8 Å². The molecule has 0 bridgehead atoms. The molecule has 0 amide bonds. The molecule has 7 nitrogen and oxygen atoms in total. The van der Waals surface area contributed by atoms with Gasteiger partial charge in [0.15, 0.2) is 0 Å². The van der Waals surface area contributed by atoms with Crippen LogP contribution in [0.4, 0.5) is 11.4 Å². The van der Waals surface area contributed by atoms with E-state index >= 15 is 0 Å². The summed E-state index contributed by atoms with van der Waals surface area (Å²) in [6.07, 6.45) is 5.84. The van der Waals surface area contributed by atoms with E-state index in [1.165, 1.54) is 18.5 Å². The van der Waals surface area contributed by atoms with Crippen molar-refractivity contribution in [2.45, 2.75) is 38.1 Å². The van der Waals surface area contributed by atoms with E-state index < -0.39 is 0 Å². The number of nitrogens with zero attached hydrogens (tertiary/aromatic N) is 4. The number of hydrogen-bond donors (Lipinski definition) is 2. The van der Waals surface area contributed by atoms with Crippen LogP contribution < -0.4 is 21.5 Å². The zero-order chi connectivity index (χ0) is 20.9. The summed E-state index contributed by atoms with van der Waals surface area (Å²) in [5, 5.41) is 3.99. The highest BCUT2D eigenvalue weighted by Crippen LogP contribution is 2.37. The van der Waals surface area contributed by atoms with Crippen molar-refractivity contribution in [1.82, 2.24) is 19.3 Å². The normalized spacial score (nSPS) is 18.4. The van der Waals surface area contributed by atoms with E-state index in [4.69, 9.17) is 5.73 Å². The molecule has 0 spiro atoms. The van der Waals surface area contributed by atoms with Gasteiger partial charge in [-0.05, 0) is 56.1 Å². The molecule has 4 aromatic rings. The van der Waals surface area contributed by atoms with Crippen LogP contribution in [0.1, 0.15) is 38.1 Å². The molecule has 2 aromatic heterocycles. The summed E-state index contributed by atoms with van der Waals surface area (Å²) in [6.45, 7) is 4.13. The lowest BCUT2D eigenvalue weighted by Gasteiger charge is -2.23. The van der Waals surface area contributed by atoms with Gasteiger partial charge in [0.1, 0.15) is 0 Å². The number of aromatic nitrogens is 3. The molecular weight excluding hydrogens is 388 g/mol. The number of anilines is 2. The Morgan fingerprint density at radius 3 is 2.71 bits per heavy atom. The number of nitrogens with one attached hydrogen (secondary N) is 1. The summed E-state index contributed by atoms with van der Waals surface area (Å²) in [4.78, 5) is 20.0. The highest BCUT2D eigenvalue weighted by Gasteiger charge is 2.25. The predicted molar refractivity (Wildman–Crippen MR) is 126 cm³/mol. The third kappa shape index (κ3) is 2.91. The largest absolute Gasteiger partial charge is 0.398 e. The van der Waals surface area contributed by atoms with Gasteiger partial charge < -0.3 is 20.5 Å². The Balaban J connectivity index is 1.68. The van der Waals surface area contributed by atoms with E-state index in [0.717, 1.165) is 67.8 Å². The van der Waals surface area contributed by atoms with Crippen molar-refractivity contribution in [1.29, 1.82) is 0 Å². The van der Waals surface area contributed by atoms with Crippen LogP contribution in [0.2, 0.25) is 0 Å². The van der Waals surface area contributed by atoms with E-state index in [-0.39, 0.29) is 5.56 Å². The fourth-order valence-corrected chi connectivity index (χ4v) is 5.51. The number of fused-ring (bicyclic) bond motifs is 5. The molecule has 0 unspecified atom stereocenters. The maximum Gasteiger partial charge on any atom is 0.284 e. The molecule has 2 fully saturated rings. The molecule has 31 heavy (non-hydrogen) atoms. The SMILES string of the molecule is Nc1cccc2c1c(=O)nc1n(C3CCCC3)c3cc(N4CCCNCC4)ccc3n21. The zero-order valence-electron chi connectivity index (χ0n) is 17.7. The molecule has 3 N–H and O–H groups in total. The van der Waals surface area contributed by atoms with Crippen LogP contribution in [0.15, 0.2) is 41.2 Å². The van der Waals surface area contributed by atoms with Gasteiger partial charge in [0.25, 0.3) is 5.56 Å². The molecule has 1 saturated heterocycles. The van der Waals surface area contributed by atoms with Gasteiger partial charge in [-0.2, -0.15) is 4.98 Å². The molecule has 1 saturated carbocycles. The zero-order valence-corrected chi connectivity index (χ0v) is 17.7. The van der Waals surface area contributed by atoms with Gasteiger partial charge >= 0.3 is 0 Å². The Labute approximate surface area is 180 Å². The fraction of sp³-hybridized carbons (Fsp3) is 0.417. The van der Waals surface area contributed by atoms with Crippen LogP contribution in [-0.2, 0) is 0 Å². The lowest BCUT2D eigenvalue weighted by atomic mass is 10.2. The van der Waals surface area contributed by atoms with Crippen LogP contribution in [0.3, 0.4) is 0 Å². The second-order valence-electron chi connectivity index (χ2n) is 8.87. The number of nitrogen functional groups attached to an aromatic ring is 1. The molecule has 2 aliphatic rings. The predicted octanol–water partition coefficient (Wildman–Crippen LogP) is 3.30. The van der Waals surface area contributed by atoms with E-state index in [1.807, 2.05) is 12.1 Å². The van der Waals surface area contributed by atoms with Gasteiger partial charge in [-0.1, -0.05) is 18.9 Å². The first-order valence-corrected chi connectivity index (χ1v) is 11.4. The van der Waals surface area contributed by atoms with Gasteiger partial charge in [0.05, 0.1) is 21.9 Å². The van der Waals surface area contributed by atoms with E-state index in [9.17, 15) is 4.79 Å². The Hall–Kier alpha value is -3.06. The molecule has 3 heterocycles. The smallest absolute Gasteiger partial charge is 0.284 e. The van der Waals surface area contributed by atoms with Crippen molar-refractivity contribution >= 4 is 39.1 Å². The Morgan fingerprint density at radius 2 is 1.84 bits per heavy atom. The quantitative estimate of drug-likeness (QED) is 0.490. The van der Waals surface area contributed by atoms with Crippen LogP contribution >= 0.6 is 0 Å². The van der Waals surface area contributed by atoms with Crippen molar-refractivity contribution in [2.75, 3.05) is 36.8 Å². The Kier molecular flexibility index (Phi) is 4.38. The number of benzene rings is 2. The van der Waals surface area contributed by atoms with Crippen LogP contribution in [0.25, 0.3) is 27.7 Å². The third-order valence-electron chi connectivity index (χ3n) is 7.00. The van der Waals surface area contributed by atoms with Crippen LogP contribution in [0.5, 0.6) is 0 Å². The standard InChI is InChI=1S/C24H28N6O/c25-18-7-3-8-20-22(18)23(31)27-24-29(16-5-1-2-6-16)21-15-17(9-10-19(21)30(20)24)28-13-4-11-26-12-14-28/h3,7-10,15-16,26H,1-2,4-6,11-14,25H2. The van der Waals surface area contributed by atoms with Crippen molar-refractivity contribution in [3.63, 3.8) is 0 Å². The molecule has 7 heteroatoms. The number of rotatable bonds is 2. The molecule has 6 rings (SSSR count). The summed E-state index contributed by atoms with van der Waals surface area (Å²) in [6, 6.07) is 12.8. The minimum absolute atomic E-state index is 0.242. The van der Waals surface area contributed by atoms with Gasteiger partial charge in [0, 0.05) is 37.1 Å². The summed E-state index contributed by atoms with van der Waals surface area (Å²) in [5.74, 6) is 0.736. The van der Waals surface area contributed by atoms with E-state index in [2.05, 4.69) is 42.4 Å². The monoisotopic (exact) mass is 416 g/mol. The van der Waals surface area contributed by atoms with Crippen molar-refractivity contribution < 1.29 is 0 Å². The number of imidazole rings is 1. The lowest BCUT2D eigenvalue weighted by Crippen LogP contribution is -2.27. The molecule has 0 atom stereocenters. The fourth-order valence-electron chi connectivity index (χ4n) is 5.51. The van der Waals surface area contributed by atoms with Gasteiger partial charge in [-0.25, -0.2) is 0 Å². The maximum absolute atomic E-state index is 13.0. The minimum atomic E-state index is -0.242. The molecule has 1 aliphatic carbocycles. The molecule has 160 valence electrons. The van der Waals surface area contributed by atoms with Gasteiger partial charge in [-0.15, -0.1) is 0 Å². The van der Waals surface area contributed by atoms with Crippen LogP contribution in [-0.4, -0.2) is 40.1 Å². The average molecular weight is 417 g/mol. The summed E-state index contributed by atoms with van der Waals surface area (Å²) >= 11 is 0. The van der Waals surface area contributed by atoms with Gasteiger partial charge in [0.2, 0.25) is 5.78 Å². The van der Waals surface area contributed by atoms with Crippen molar-refractivity contribution in [2.24, 2.45) is 0 Å². The van der Waals surface area contributed by atoms with Crippen LogP contribution in [0, 0.1) is 0 Å². The first-order chi connectivity index (χ1) is 15.2. The van der Waals surface area contributed by atoms with E-state index in [1.54, 1.807) is 6.07 Å². The third-order valence-corrected chi connectivity index (χ3v) is 7.00. The van der Waals surface area contributed by atoms with E-state index in [0.29, 0.717) is 17.1 Å². The Bertz CT molecular complexity index is 1340. The highest BCUT2D eigenvalue weighted by molar-refractivity contribution is 5.95. The Morgan fingerprint density at radius 1 is 0.968 bits per heavy atom. The number of hydrogen-bond acceptors (Lipinski definition) is 5. The van der Waals surface area contributed by atoms with Gasteiger partial charge in [-0.3, -0.25) is 9.20 Å².